The Hall–Kier alpha value is -3.14. The number of hydrazine groups is 1. The van der Waals surface area contributed by atoms with E-state index in [0.717, 1.165) is 0 Å². The summed E-state index contributed by atoms with van der Waals surface area (Å²) in [4.78, 5) is 27.9. The van der Waals surface area contributed by atoms with Crippen molar-refractivity contribution in [3.63, 3.8) is 0 Å². The van der Waals surface area contributed by atoms with Gasteiger partial charge in [0.1, 0.15) is 11.9 Å². The van der Waals surface area contributed by atoms with Gasteiger partial charge < -0.3 is 4.42 Å². The van der Waals surface area contributed by atoms with E-state index in [0.29, 0.717) is 5.56 Å². The van der Waals surface area contributed by atoms with Crippen LogP contribution in [0.4, 0.5) is 0 Å². The van der Waals surface area contributed by atoms with Crippen LogP contribution in [0.25, 0.3) is 0 Å². The summed E-state index contributed by atoms with van der Waals surface area (Å²) in [5.74, 6) is -1.12. The highest BCUT2D eigenvalue weighted by atomic mass is 32.2. The van der Waals surface area contributed by atoms with E-state index < -0.39 is 27.9 Å². The minimum Gasteiger partial charge on any atom is -0.459 e. The van der Waals surface area contributed by atoms with Crippen LogP contribution in [0.3, 0.4) is 0 Å². The van der Waals surface area contributed by atoms with Crippen molar-refractivity contribution in [3.05, 3.63) is 54.0 Å². The van der Waals surface area contributed by atoms with Crippen LogP contribution in [0.5, 0.6) is 0 Å². The van der Waals surface area contributed by atoms with Gasteiger partial charge in [0.25, 0.3) is 15.9 Å². The second kappa shape index (κ2) is 6.40. The van der Waals surface area contributed by atoms with Crippen molar-refractivity contribution in [1.82, 2.24) is 15.6 Å². The van der Waals surface area contributed by atoms with E-state index >= 15 is 0 Å². The molecular weight excluding hydrogens is 348 g/mol. The Balaban J connectivity index is 1.69. The van der Waals surface area contributed by atoms with Crippen LogP contribution in [0.1, 0.15) is 23.0 Å². The molecule has 1 aromatic carbocycles. The number of benzene rings is 1. The summed E-state index contributed by atoms with van der Waals surface area (Å²) in [6, 6.07) is 8.35. The third-order valence-corrected chi connectivity index (χ3v) is 4.81. The zero-order chi connectivity index (χ0) is 18.0. The molecule has 0 unspecified atom stereocenters. The molecule has 1 aliphatic rings. The van der Waals surface area contributed by atoms with Crippen molar-refractivity contribution in [2.75, 3.05) is 0 Å². The number of carbonyl (C=O) groups excluding carboxylic acids is 2. The molecule has 0 saturated heterocycles. The number of aliphatic imine (C=N–C) groups is 1. The molecule has 0 radical (unpaired) electrons. The summed E-state index contributed by atoms with van der Waals surface area (Å²) in [5.41, 5.74) is 4.78. The molecule has 2 amide bonds. The third kappa shape index (κ3) is 3.38. The van der Waals surface area contributed by atoms with Gasteiger partial charge in [0.15, 0.2) is 5.76 Å². The lowest BCUT2D eigenvalue weighted by molar-refractivity contribution is -0.122. The number of nitrogens with zero attached hydrogens (tertiary/aromatic N) is 1. The van der Waals surface area contributed by atoms with Crippen LogP contribution in [-0.2, 0) is 14.8 Å². The quantitative estimate of drug-likeness (QED) is 0.670. The molecule has 0 aliphatic carbocycles. The average Bonchev–Trinajstić information content (AvgIpc) is 3.20. The first-order chi connectivity index (χ1) is 11.9. The van der Waals surface area contributed by atoms with Gasteiger partial charge in [-0.3, -0.25) is 30.2 Å². The van der Waals surface area contributed by atoms with Crippen LogP contribution in [0, 0.1) is 0 Å². The molecule has 10 heteroatoms. The summed E-state index contributed by atoms with van der Waals surface area (Å²) in [6.07, 6.45) is 1.33. The molecule has 1 aliphatic heterocycles. The van der Waals surface area contributed by atoms with Gasteiger partial charge in [-0.05, 0) is 31.2 Å². The van der Waals surface area contributed by atoms with Crippen LogP contribution >= 0.6 is 0 Å². The van der Waals surface area contributed by atoms with E-state index in [-0.39, 0.29) is 16.5 Å². The molecule has 2 heterocycles. The van der Waals surface area contributed by atoms with Crippen LogP contribution in [0.15, 0.2) is 57.0 Å². The molecule has 3 N–H and O–H groups in total. The predicted molar refractivity (Wildman–Crippen MR) is 87.1 cm³/mol. The second-order valence-electron chi connectivity index (χ2n) is 5.18. The molecule has 1 aromatic heterocycles. The summed E-state index contributed by atoms with van der Waals surface area (Å²) in [7, 11) is -3.68. The number of amides is 2. The number of rotatable bonds is 3. The molecular formula is C15H14N4O5S. The highest BCUT2D eigenvalue weighted by Crippen LogP contribution is 2.22. The van der Waals surface area contributed by atoms with Crippen molar-refractivity contribution in [1.29, 1.82) is 0 Å². The number of hydrogen-bond donors (Lipinski definition) is 3. The Morgan fingerprint density at radius 2 is 1.92 bits per heavy atom. The first-order valence-electron chi connectivity index (χ1n) is 7.22. The Kier molecular flexibility index (Phi) is 4.28. The van der Waals surface area contributed by atoms with E-state index in [4.69, 9.17) is 4.42 Å². The summed E-state index contributed by atoms with van der Waals surface area (Å²) in [6.45, 7) is 1.47. The smallest absolute Gasteiger partial charge is 0.305 e. The second-order valence-corrected chi connectivity index (χ2v) is 6.83. The molecule has 0 bridgehead atoms. The highest BCUT2D eigenvalue weighted by molar-refractivity contribution is 7.90. The fourth-order valence-corrected chi connectivity index (χ4v) is 3.41. The number of furan rings is 1. The number of hydrogen-bond acceptors (Lipinski definition) is 6. The van der Waals surface area contributed by atoms with Crippen molar-refractivity contribution in [2.45, 2.75) is 17.9 Å². The molecule has 25 heavy (non-hydrogen) atoms. The van der Waals surface area contributed by atoms with Crippen LogP contribution in [-0.4, -0.2) is 32.1 Å². The van der Waals surface area contributed by atoms with Gasteiger partial charge in [-0.15, -0.1) is 0 Å². The van der Waals surface area contributed by atoms with E-state index in [1.54, 1.807) is 18.2 Å². The van der Waals surface area contributed by atoms with E-state index in [2.05, 4.69) is 20.6 Å². The molecule has 0 saturated carbocycles. The maximum atomic E-state index is 12.0. The Morgan fingerprint density at radius 3 is 2.64 bits per heavy atom. The van der Waals surface area contributed by atoms with Gasteiger partial charge in [0.2, 0.25) is 0 Å². The summed E-state index contributed by atoms with van der Waals surface area (Å²) in [5, 5.41) is 0. The monoisotopic (exact) mass is 362 g/mol. The van der Waals surface area contributed by atoms with Gasteiger partial charge >= 0.3 is 5.91 Å². The maximum absolute atomic E-state index is 12.0. The minimum atomic E-state index is -3.68. The number of carbonyl (C=O) groups is 2. The lowest BCUT2D eigenvalue weighted by Crippen LogP contribution is -2.45. The zero-order valence-corrected chi connectivity index (χ0v) is 13.8. The fraction of sp³-hybridized carbons (Fsp3) is 0.133. The Bertz CT molecular complexity index is 950. The predicted octanol–water partition coefficient (Wildman–Crippen LogP) is 0.168. The lowest BCUT2D eigenvalue weighted by atomic mass is 10.2. The normalized spacial score (nSPS) is 17.4. The van der Waals surface area contributed by atoms with Crippen molar-refractivity contribution >= 4 is 27.7 Å². The van der Waals surface area contributed by atoms with Gasteiger partial charge in [-0.25, -0.2) is 8.42 Å². The largest absolute Gasteiger partial charge is 0.459 e. The molecule has 0 spiro atoms. The molecule has 130 valence electrons. The third-order valence-electron chi connectivity index (χ3n) is 3.41. The first-order valence-corrected chi connectivity index (χ1v) is 8.70. The number of nitrogens with one attached hydrogen (secondary N) is 3. The van der Waals surface area contributed by atoms with Crippen LogP contribution in [0.2, 0.25) is 0 Å². The summed E-state index contributed by atoms with van der Waals surface area (Å²) < 4.78 is 31.2. The number of fused-ring (bicyclic) bond motifs is 1. The molecule has 2 aromatic rings. The zero-order valence-electron chi connectivity index (χ0n) is 13.0. The minimum absolute atomic E-state index is 0.0387. The van der Waals surface area contributed by atoms with Gasteiger partial charge in [-0.1, -0.05) is 12.1 Å². The average molecular weight is 362 g/mol. The van der Waals surface area contributed by atoms with Crippen LogP contribution < -0.4 is 15.6 Å². The number of sulfonamides is 1. The van der Waals surface area contributed by atoms with E-state index in [1.165, 1.54) is 31.4 Å². The maximum Gasteiger partial charge on any atom is 0.305 e. The standard InChI is InChI=1S/C15H14N4O5S/c1-9(14(20)17-18-15(21)11-6-4-8-24-11)16-13-10-5-2-3-7-12(10)25(22,23)19-13/h2-9H,1H3,(H,16,19)(H,17,20)(H,18,21)/t9-/m1/s1. The molecule has 3 rings (SSSR count). The van der Waals surface area contributed by atoms with E-state index in [1.807, 2.05) is 0 Å². The fourth-order valence-electron chi connectivity index (χ4n) is 2.17. The Morgan fingerprint density at radius 1 is 1.16 bits per heavy atom. The lowest BCUT2D eigenvalue weighted by Gasteiger charge is -2.10. The molecule has 9 nitrogen and oxygen atoms in total. The molecule has 1 atom stereocenters. The SMILES string of the molecule is C[C@@H](N=C1NS(=O)(=O)c2ccccc21)C(=O)NNC(=O)c1ccco1. The van der Waals surface area contributed by atoms with Crippen molar-refractivity contribution in [2.24, 2.45) is 4.99 Å². The van der Waals surface area contributed by atoms with Gasteiger partial charge in [0, 0.05) is 5.56 Å². The van der Waals surface area contributed by atoms with E-state index in [9.17, 15) is 18.0 Å². The summed E-state index contributed by atoms with van der Waals surface area (Å²) >= 11 is 0. The first kappa shape index (κ1) is 16.7. The van der Waals surface area contributed by atoms with Crippen molar-refractivity contribution in [3.8, 4) is 0 Å². The Labute approximate surface area is 143 Å². The van der Waals surface area contributed by atoms with Crippen molar-refractivity contribution < 1.29 is 22.4 Å². The topological polar surface area (TPSA) is 130 Å². The van der Waals surface area contributed by atoms with Gasteiger partial charge in [-0.2, -0.15) is 0 Å². The molecule has 0 fully saturated rings. The highest BCUT2D eigenvalue weighted by Gasteiger charge is 2.31. The number of amidine groups is 1. The van der Waals surface area contributed by atoms with Gasteiger partial charge in [0.05, 0.1) is 11.2 Å².